The molecule has 18 heavy (non-hydrogen) atoms. The number of nitrogens with zero attached hydrogens (tertiary/aromatic N) is 1. The molecule has 0 saturated carbocycles. The highest BCUT2D eigenvalue weighted by molar-refractivity contribution is 7.98. The summed E-state index contributed by atoms with van der Waals surface area (Å²) in [6.45, 7) is 13.9. The zero-order valence-corrected chi connectivity index (χ0v) is 14.4. The van der Waals surface area contributed by atoms with E-state index in [2.05, 4.69) is 58.1 Å². The van der Waals surface area contributed by atoms with Crippen LogP contribution in [0.25, 0.3) is 0 Å². The standard InChI is InChI=1S/C15H34N2S/c1-8-10-16-14(3)15(4,5)12-17(6)13(2)9-11-18-7/h13-14,16H,8-12H2,1-7H3. The van der Waals surface area contributed by atoms with Gasteiger partial charge in [-0.3, -0.25) is 0 Å². The topological polar surface area (TPSA) is 15.3 Å². The van der Waals surface area contributed by atoms with Gasteiger partial charge in [-0.15, -0.1) is 0 Å². The number of hydrogen-bond acceptors (Lipinski definition) is 3. The van der Waals surface area contributed by atoms with E-state index in [-0.39, 0.29) is 0 Å². The quantitative estimate of drug-likeness (QED) is 0.656. The largest absolute Gasteiger partial charge is 0.314 e. The number of thioether (sulfide) groups is 1. The van der Waals surface area contributed by atoms with E-state index in [1.165, 1.54) is 18.6 Å². The fourth-order valence-electron chi connectivity index (χ4n) is 2.08. The van der Waals surface area contributed by atoms with E-state index >= 15 is 0 Å². The van der Waals surface area contributed by atoms with Crippen molar-refractivity contribution in [2.24, 2.45) is 5.41 Å². The zero-order valence-electron chi connectivity index (χ0n) is 13.5. The van der Waals surface area contributed by atoms with Gasteiger partial charge in [-0.2, -0.15) is 11.8 Å². The van der Waals surface area contributed by atoms with Crippen molar-refractivity contribution in [2.75, 3.05) is 32.1 Å². The van der Waals surface area contributed by atoms with Gasteiger partial charge in [0, 0.05) is 18.6 Å². The third-order valence-corrected chi connectivity index (χ3v) is 4.67. The fraction of sp³-hybridized carbons (Fsp3) is 1.00. The van der Waals surface area contributed by atoms with E-state index in [0.29, 0.717) is 17.5 Å². The van der Waals surface area contributed by atoms with E-state index < -0.39 is 0 Å². The fourth-order valence-corrected chi connectivity index (χ4v) is 2.66. The van der Waals surface area contributed by atoms with E-state index in [4.69, 9.17) is 0 Å². The van der Waals surface area contributed by atoms with Gasteiger partial charge in [0.1, 0.15) is 0 Å². The summed E-state index contributed by atoms with van der Waals surface area (Å²) in [6.07, 6.45) is 4.68. The molecular formula is C15H34N2S. The van der Waals surface area contributed by atoms with Crippen LogP contribution in [0, 0.1) is 5.41 Å². The maximum atomic E-state index is 3.63. The van der Waals surface area contributed by atoms with Crippen molar-refractivity contribution in [3.05, 3.63) is 0 Å². The van der Waals surface area contributed by atoms with Gasteiger partial charge < -0.3 is 10.2 Å². The lowest BCUT2D eigenvalue weighted by atomic mass is 9.84. The van der Waals surface area contributed by atoms with Crippen LogP contribution < -0.4 is 5.32 Å². The molecule has 0 amide bonds. The average molecular weight is 275 g/mol. The van der Waals surface area contributed by atoms with Crippen molar-refractivity contribution < 1.29 is 0 Å². The van der Waals surface area contributed by atoms with Gasteiger partial charge in [-0.05, 0) is 57.7 Å². The minimum atomic E-state index is 0.317. The molecule has 0 aromatic rings. The SMILES string of the molecule is CCCNC(C)C(C)(C)CN(C)C(C)CCSC. The highest BCUT2D eigenvalue weighted by atomic mass is 32.2. The highest BCUT2D eigenvalue weighted by Crippen LogP contribution is 2.23. The first-order valence-electron chi connectivity index (χ1n) is 7.27. The molecular weight excluding hydrogens is 240 g/mol. The lowest BCUT2D eigenvalue weighted by Crippen LogP contribution is -2.48. The van der Waals surface area contributed by atoms with Crippen LogP contribution in [0.15, 0.2) is 0 Å². The summed E-state index contributed by atoms with van der Waals surface area (Å²) in [5, 5.41) is 3.63. The van der Waals surface area contributed by atoms with Crippen LogP contribution >= 0.6 is 11.8 Å². The van der Waals surface area contributed by atoms with E-state index in [0.717, 1.165) is 13.1 Å². The second-order valence-corrected chi connectivity index (χ2v) is 7.20. The molecule has 2 unspecified atom stereocenters. The molecule has 0 aromatic carbocycles. The third-order valence-electron chi connectivity index (χ3n) is 4.02. The summed E-state index contributed by atoms with van der Waals surface area (Å²) in [5.41, 5.74) is 0.317. The van der Waals surface area contributed by atoms with Gasteiger partial charge >= 0.3 is 0 Å². The lowest BCUT2D eigenvalue weighted by molar-refractivity contribution is 0.134. The maximum Gasteiger partial charge on any atom is 0.0102 e. The van der Waals surface area contributed by atoms with Gasteiger partial charge in [-0.1, -0.05) is 20.8 Å². The van der Waals surface area contributed by atoms with Crippen molar-refractivity contribution in [2.45, 2.75) is 59.5 Å². The zero-order chi connectivity index (χ0) is 14.2. The molecule has 110 valence electrons. The Hall–Kier alpha value is 0.270. The highest BCUT2D eigenvalue weighted by Gasteiger charge is 2.28. The van der Waals surface area contributed by atoms with Gasteiger partial charge in [0.25, 0.3) is 0 Å². The van der Waals surface area contributed by atoms with Crippen molar-refractivity contribution >= 4 is 11.8 Å². The van der Waals surface area contributed by atoms with Crippen LogP contribution in [0.4, 0.5) is 0 Å². The normalized spacial score (nSPS) is 16.0. The van der Waals surface area contributed by atoms with Crippen LogP contribution in [0.1, 0.15) is 47.5 Å². The molecule has 0 heterocycles. The van der Waals surface area contributed by atoms with Gasteiger partial charge in [0.15, 0.2) is 0 Å². The molecule has 0 radical (unpaired) electrons. The van der Waals surface area contributed by atoms with Crippen molar-refractivity contribution in [1.29, 1.82) is 0 Å². The average Bonchev–Trinajstić information content (AvgIpc) is 2.32. The molecule has 0 aliphatic rings. The summed E-state index contributed by atoms with van der Waals surface area (Å²) in [7, 11) is 2.26. The minimum Gasteiger partial charge on any atom is -0.314 e. The van der Waals surface area contributed by atoms with Crippen LogP contribution in [0.3, 0.4) is 0 Å². The molecule has 0 aromatic heterocycles. The third kappa shape index (κ3) is 7.01. The summed E-state index contributed by atoms with van der Waals surface area (Å²) in [6, 6.07) is 1.24. The van der Waals surface area contributed by atoms with E-state index in [1.54, 1.807) is 0 Å². The predicted octanol–water partition coefficient (Wildman–Crippen LogP) is 3.47. The molecule has 0 aliphatic heterocycles. The number of nitrogens with one attached hydrogen (secondary N) is 1. The van der Waals surface area contributed by atoms with Gasteiger partial charge in [-0.25, -0.2) is 0 Å². The first-order valence-corrected chi connectivity index (χ1v) is 8.67. The van der Waals surface area contributed by atoms with Gasteiger partial charge in [0.05, 0.1) is 0 Å². The Labute approximate surface area is 119 Å². The Morgan fingerprint density at radius 3 is 2.39 bits per heavy atom. The van der Waals surface area contributed by atoms with Crippen LogP contribution in [0.5, 0.6) is 0 Å². The molecule has 2 atom stereocenters. The molecule has 0 spiro atoms. The second kappa shape index (κ2) is 9.22. The monoisotopic (exact) mass is 274 g/mol. The Balaban J connectivity index is 4.19. The van der Waals surface area contributed by atoms with Crippen LogP contribution in [0.2, 0.25) is 0 Å². The first kappa shape index (κ1) is 18.3. The summed E-state index contributed by atoms with van der Waals surface area (Å²) in [4.78, 5) is 2.51. The first-order chi connectivity index (χ1) is 8.35. The summed E-state index contributed by atoms with van der Waals surface area (Å²) >= 11 is 1.94. The van der Waals surface area contributed by atoms with Crippen LogP contribution in [-0.4, -0.2) is 49.1 Å². The lowest BCUT2D eigenvalue weighted by Gasteiger charge is -2.38. The Morgan fingerprint density at radius 2 is 1.89 bits per heavy atom. The molecule has 2 nitrogen and oxygen atoms in total. The second-order valence-electron chi connectivity index (χ2n) is 6.21. The molecule has 1 N–H and O–H groups in total. The maximum absolute atomic E-state index is 3.63. The summed E-state index contributed by atoms with van der Waals surface area (Å²) < 4.78 is 0. The molecule has 0 saturated heterocycles. The Morgan fingerprint density at radius 1 is 1.28 bits per heavy atom. The molecule has 0 fully saturated rings. The smallest absolute Gasteiger partial charge is 0.0102 e. The number of hydrogen-bond donors (Lipinski definition) is 1. The Kier molecular flexibility index (Phi) is 9.36. The van der Waals surface area contributed by atoms with Gasteiger partial charge in [0.2, 0.25) is 0 Å². The summed E-state index contributed by atoms with van der Waals surface area (Å²) in [5.74, 6) is 1.26. The Bertz CT molecular complexity index is 207. The van der Waals surface area contributed by atoms with Crippen molar-refractivity contribution in [1.82, 2.24) is 10.2 Å². The van der Waals surface area contributed by atoms with E-state index in [1.807, 2.05) is 11.8 Å². The minimum absolute atomic E-state index is 0.317. The molecule has 0 rings (SSSR count). The predicted molar refractivity (Wildman–Crippen MR) is 86.6 cm³/mol. The molecule has 0 bridgehead atoms. The molecule has 3 heteroatoms. The van der Waals surface area contributed by atoms with Crippen LogP contribution in [-0.2, 0) is 0 Å². The van der Waals surface area contributed by atoms with Crippen molar-refractivity contribution in [3.8, 4) is 0 Å². The van der Waals surface area contributed by atoms with E-state index in [9.17, 15) is 0 Å². The molecule has 0 aliphatic carbocycles. The number of rotatable bonds is 10. The van der Waals surface area contributed by atoms with Crippen molar-refractivity contribution in [3.63, 3.8) is 0 Å².